The first kappa shape index (κ1) is 16.6. The fraction of sp³-hybridized carbons (Fsp3) is 0.286. The summed E-state index contributed by atoms with van der Waals surface area (Å²) in [4.78, 5) is 1.15. The monoisotopic (exact) mass is 483 g/mol. The lowest BCUT2D eigenvalue weighted by molar-refractivity contribution is 0.590. The molecule has 1 N–H and O–H groups in total. The van der Waals surface area contributed by atoms with Crippen LogP contribution in [0.3, 0.4) is 0 Å². The molecule has 0 aliphatic heterocycles. The van der Waals surface area contributed by atoms with Crippen molar-refractivity contribution in [3.63, 3.8) is 0 Å². The summed E-state index contributed by atoms with van der Waals surface area (Å²) < 4.78 is 16.5. The number of halogens is 4. The van der Waals surface area contributed by atoms with E-state index in [0.717, 1.165) is 36.1 Å². The van der Waals surface area contributed by atoms with Gasteiger partial charge in [-0.3, -0.25) is 0 Å². The topological polar surface area (TPSA) is 12.0 Å². The highest BCUT2D eigenvalue weighted by atomic mass is 79.9. The van der Waals surface area contributed by atoms with Gasteiger partial charge in [0.25, 0.3) is 0 Å². The number of thiophene rings is 1. The fourth-order valence-corrected chi connectivity index (χ4v) is 4.60. The lowest BCUT2D eigenvalue weighted by Gasteiger charge is -2.18. The van der Waals surface area contributed by atoms with Crippen molar-refractivity contribution in [2.75, 3.05) is 6.54 Å². The van der Waals surface area contributed by atoms with Crippen LogP contribution in [0.1, 0.15) is 29.8 Å². The Kier molecular flexibility index (Phi) is 6.23. The molecule has 20 heavy (non-hydrogen) atoms. The summed E-state index contributed by atoms with van der Waals surface area (Å²) >= 11 is 12.0. The minimum atomic E-state index is -0.229. The van der Waals surface area contributed by atoms with Crippen molar-refractivity contribution >= 4 is 59.1 Å². The van der Waals surface area contributed by atoms with Crippen molar-refractivity contribution in [1.29, 1.82) is 0 Å². The van der Waals surface area contributed by atoms with E-state index in [4.69, 9.17) is 0 Å². The van der Waals surface area contributed by atoms with Gasteiger partial charge in [-0.1, -0.05) is 22.9 Å². The molecule has 2 aromatic rings. The number of benzene rings is 1. The Morgan fingerprint density at radius 3 is 2.50 bits per heavy atom. The fourth-order valence-electron chi connectivity index (χ4n) is 1.92. The van der Waals surface area contributed by atoms with Crippen molar-refractivity contribution < 1.29 is 4.39 Å². The second-order valence-electron chi connectivity index (χ2n) is 4.36. The number of nitrogens with one attached hydrogen (secondary N) is 1. The Morgan fingerprint density at radius 1 is 1.20 bits per heavy atom. The molecule has 1 aromatic carbocycles. The average molecular weight is 486 g/mol. The zero-order valence-electron chi connectivity index (χ0n) is 10.7. The van der Waals surface area contributed by atoms with E-state index in [1.54, 1.807) is 17.4 Å². The van der Waals surface area contributed by atoms with Crippen LogP contribution in [-0.4, -0.2) is 6.54 Å². The van der Waals surface area contributed by atoms with Gasteiger partial charge in [0.1, 0.15) is 5.82 Å². The van der Waals surface area contributed by atoms with Gasteiger partial charge in [-0.15, -0.1) is 11.3 Å². The van der Waals surface area contributed by atoms with E-state index in [0.29, 0.717) is 0 Å². The minimum Gasteiger partial charge on any atom is -0.306 e. The molecular formula is C14H13Br3FNS. The summed E-state index contributed by atoms with van der Waals surface area (Å²) in [5.74, 6) is -0.229. The molecule has 1 heterocycles. The zero-order valence-corrected chi connectivity index (χ0v) is 16.3. The Bertz CT molecular complexity index is 560. The zero-order chi connectivity index (χ0) is 14.7. The summed E-state index contributed by atoms with van der Waals surface area (Å²) in [6.07, 6.45) is 1.03. The smallest absolute Gasteiger partial charge is 0.124 e. The highest BCUT2D eigenvalue weighted by molar-refractivity contribution is 9.13. The van der Waals surface area contributed by atoms with E-state index in [2.05, 4.69) is 66.1 Å². The van der Waals surface area contributed by atoms with Crippen LogP contribution in [0.5, 0.6) is 0 Å². The van der Waals surface area contributed by atoms with Gasteiger partial charge in [0.15, 0.2) is 0 Å². The molecule has 1 atom stereocenters. The molecule has 0 bridgehead atoms. The summed E-state index contributed by atoms with van der Waals surface area (Å²) in [5, 5.41) is 3.48. The van der Waals surface area contributed by atoms with Crippen LogP contribution in [-0.2, 0) is 0 Å². The van der Waals surface area contributed by atoms with Crippen LogP contribution in [0.15, 0.2) is 37.0 Å². The van der Waals surface area contributed by atoms with E-state index in [1.807, 2.05) is 6.07 Å². The molecule has 1 nitrogen and oxygen atoms in total. The molecule has 0 fully saturated rings. The molecule has 1 unspecified atom stereocenters. The predicted molar refractivity (Wildman–Crippen MR) is 94.0 cm³/mol. The molecule has 0 aliphatic carbocycles. The van der Waals surface area contributed by atoms with Crippen LogP contribution >= 0.6 is 59.1 Å². The van der Waals surface area contributed by atoms with E-state index < -0.39 is 0 Å². The maximum Gasteiger partial charge on any atom is 0.124 e. The average Bonchev–Trinajstić information content (AvgIpc) is 2.69. The highest BCUT2D eigenvalue weighted by Crippen LogP contribution is 2.38. The Morgan fingerprint density at radius 2 is 1.95 bits per heavy atom. The maximum atomic E-state index is 13.6. The Labute approximate surface area is 147 Å². The summed E-state index contributed by atoms with van der Waals surface area (Å²) in [6.45, 7) is 3.00. The van der Waals surface area contributed by atoms with E-state index >= 15 is 0 Å². The van der Waals surface area contributed by atoms with Gasteiger partial charge in [-0.25, -0.2) is 4.39 Å². The predicted octanol–water partition coefficient (Wildman–Crippen LogP) is 6.26. The summed E-state index contributed by atoms with van der Waals surface area (Å²) in [7, 11) is 0. The SMILES string of the molecule is CCCNC(c1cc(F)cc(Br)c1)c1cc(Br)c(Br)s1. The third-order valence-corrected chi connectivity index (χ3v) is 6.54. The number of rotatable bonds is 5. The molecule has 2 rings (SSSR count). The first-order valence-corrected chi connectivity index (χ1v) is 9.35. The van der Waals surface area contributed by atoms with Gasteiger partial charge >= 0.3 is 0 Å². The van der Waals surface area contributed by atoms with E-state index in [1.165, 1.54) is 6.07 Å². The third kappa shape index (κ3) is 4.13. The van der Waals surface area contributed by atoms with Gasteiger partial charge in [-0.05, 0) is 74.7 Å². The molecule has 6 heteroatoms. The molecule has 0 spiro atoms. The molecule has 108 valence electrons. The first-order chi connectivity index (χ1) is 9.51. The van der Waals surface area contributed by atoms with Crippen molar-refractivity contribution in [2.45, 2.75) is 19.4 Å². The van der Waals surface area contributed by atoms with Gasteiger partial charge < -0.3 is 5.32 Å². The molecule has 0 saturated heterocycles. The normalized spacial score (nSPS) is 12.7. The second kappa shape index (κ2) is 7.49. The molecule has 0 aliphatic rings. The van der Waals surface area contributed by atoms with Crippen LogP contribution in [0.2, 0.25) is 0 Å². The summed E-state index contributed by atoms with van der Waals surface area (Å²) in [5.41, 5.74) is 0.923. The largest absolute Gasteiger partial charge is 0.306 e. The number of hydrogen-bond donors (Lipinski definition) is 1. The van der Waals surface area contributed by atoms with Crippen LogP contribution < -0.4 is 5.32 Å². The van der Waals surface area contributed by atoms with Crippen LogP contribution in [0, 0.1) is 5.82 Å². The molecule has 0 amide bonds. The standard InChI is InChI=1S/C14H13Br3FNS/c1-2-3-19-13(12-7-11(16)14(17)20-12)8-4-9(15)6-10(18)5-8/h4-7,13,19H,2-3H2,1H3. The quantitative estimate of drug-likeness (QED) is 0.526. The lowest BCUT2D eigenvalue weighted by atomic mass is 10.1. The highest BCUT2D eigenvalue weighted by Gasteiger charge is 2.18. The van der Waals surface area contributed by atoms with Gasteiger partial charge in [0.2, 0.25) is 0 Å². The third-order valence-electron chi connectivity index (χ3n) is 2.77. The summed E-state index contributed by atoms with van der Waals surface area (Å²) in [6, 6.07) is 7.08. The van der Waals surface area contributed by atoms with E-state index in [9.17, 15) is 4.39 Å². The van der Waals surface area contributed by atoms with Crippen molar-refractivity contribution in [1.82, 2.24) is 5.32 Å². The Hall–Kier alpha value is 0.250. The van der Waals surface area contributed by atoms with Gasteiger partial charge in [-0.2, -0.15) is 0 Å². The molecule has 0 radical (unpaired) electrons. The van der Waals surface area contributed by atoms with Crippen LogP contribution in [0.4, 0.5) is 4.39 Å². The van der Waals surface area contributed by atoms with Crippen molar-refractivity contribution in [3.8, 4) is 0 Å². The molecule has 1 aromatic heterocycles. The maximum absolute atomic E-state index is 13.6. The van der Waals surface area contributed by atoms with Gasteiger partial charge in [0.05, 0.1) is 9.83 Å². The second-order valence-corrected chi connectivity index (χ2v) is 8.53. The van der Waals surface area contributed by atoms with E-state index in [-0.39, 0.29) is 11.9 Å². The van der Waals surface area contributed by atoms with Crippen molar-refractivity contribution in [3.05, 3.63) is 53.3 Å². The van der Waals surface area contributed by atoms with Gasteiger partial charge in [0, 0.05) is 13.8 Å². The minimum absolute atomic E-state index is 0.00505. The van der Waals surface area contributed by atoms with Crippen molar-refractivity contribution in [2.24, 2.45) is 0 Å². The molecule has 0 saturated carbocycles. The lowest BCUT2D eigenvalue weighted by Crippen LogP contribution is -2.22. The van der Waals surface area contributed by atoms with Crippen LogP contribution in [0.25, 0.3) is 0 Å². The number of hydrogen-bond acceptors (Lipinski definition) is 2. The first-order valence-electron chi connectivity index (χ1n) is 6.15. The Balaban J connectivity index is 2.40. The molecular weight excluding hydrogens is 473 g/mol.